The van der Waals surface area contributed by atoms with E-state index in [0.717, 1.165) is 5.92 Å². The summed E-state index contributed by atoms with van der Waals surface area (Å²) in [6, 6.07) is -2.37. The van der Waals surface area contributed by atoms with E-state index >= 15 is 0 Å². The molecular weight excluding hydrogens is 207 g/mol. The van der Waals surface area contributed by atoms with Gasteiger partial charge in [0, 0.05) is 5.04 Å². The van der Waals surface area contributed by atoms with Crippen LogP contribution < -0.4 is 0 Å². The van der Waals surface area contributed by atoms with E-state index in [1.54, 1.807) is 0 Å². The molecule has 0 aromatic rings. The predicted octanol–water partition coefficient (Wildman–Crippen LogP) is 3.59. The van der Waals surface area contributed by atoms with Crippen LogP contribution in [0.4, 0.5) is 0 Å². The van der Waals surface area contributed by atoms with Gasteiger partial charge in [0.05, 0.1) is 0 Å². The van der Waals surface area contributed by atoms with Gasteiger partial charge in [-0.05, 0) is 25.2 Å². The maximum Gasteiger partial charge on any atom is 0.347 e. The first kappa shape index (κ1) is 7.72. The van der Waals surface area contributed by atoms with Crippen molar-refractivity contribution in [2.24, 2.45) is 5.92 Å². The maximum absolute atomic E-state index is 5.99. The van der Waals surface area contributed by atoms with Crippen molar-refractivity contribution in [3.05, 3.63) is 0 Å². The lowest BCUT2D eigenvalue weighted by atomic mass is 9.83. The van der Waals surface area contributed by atoms with E-state index in [4.69, 9.17) is 33.2 Å². The second kappa shape index (κ2) is 2.06. The summed E-state index contributed by atoms with van der Waals surface area (Å²) in [4.78, 5) is 0. The molecule has 0 radical (unpaired) electrons. The highest BCUT2D eigenvalue weighted by atomic mass is 35.8. The first-order valence-corrected chi connectivity index (χ1v) is 8.64. The zero-order valence-electron chi connectivity index (χ0n) is 5.54. The van der Waals surface area contributed by atoms with Crippen LogP contribution in [0.3, 0.4) is 0 Å². The van der Waals surface area contributed by atoms with Crippen LogP contribution in [0, 0.1) is 5.92 Å². The van der Waals surface area contributed by atoms with Crippen molar-refractivity contribution < 1.29 is 0 Å². The summed E-state index contributed by atoms with van der Waals surface area (Å²) in [5, 5.41) is 0.211. The average Bonchev–Trinajstić information content (AvgIpc) is 2.08. The Morgan fingerprint density at radius 2 is 1.80 bits per heavy atom. The molecule has 10 heavy (non-hydrogen) atoms. The third kappa shape index (κ3) is 0.873. The van der Waals surface area contributed by atoms with E-state index in [1.807, 2.05) is 0 Å². The third-order valence-corrected chi connectivity index (χ3v) is 8.46. The average molecular weight is 216 g/mol. The standard InChI is InChI=1S/C6H9Cl3Si/c7-10(8,9)6-2-1-5(3-6)4-6/h5H,1-4H2. The summed E-state index contributed by atoms with van der Waals surface area (Å²) in [5.74, 6) is 0.906. The van der Waals surface area contributed by atoms with Gasteiger partial charge < -0.3 is 0 Å². The molecule has 0 unspecified atom stereocenters. The van der Waals surface area contributed by atoms with Crippen molar-refractivity contribution in [1.29, 1.82) is 0 Å². The smallest absolute Gasteiger partial charge is 0.125 e. The molecule has 3 saturated carbocycles. The van der Waals surface area contributed by atoms with E-state index < -0.39 is 6.00 Å². The minimum absolute atomic E-state index is 0.211. The monoisotopic (exact) mass is 214 g/mol. The lowest BCUT2D eigenvalue weighted by Crippen LogP contribution is -2.37. The quantitative estimate of drug-likeness (QED) is 0.463. The molecule has 3 aliphatic rings. The number of rotatable bonds is 1. The molecule has 0 heterocycles. The summed E-state index contributed by atoms with van der Waals surface area (Å²) in [6.07, 6.45) is 4.90. The molecule has 0 amide bonds. The number of hydrogen-bond donors (Lipinski definition) is 0. The van der Waals surface area contributed by atoms with E-state index in [9.17, 15) is 0 Å². The van der Waals surface area contributed by atoms with Crippen LogP contribution in [0.2, 0.25) is 5.04 Å². The van der Waals surface area contributed by atoms with Crippen LogP contribution >= 0.6 is 33.2 Å². The van der Waals surface area contributed by atoms with Crippen LogP contribution in [-0.2, 0) is 0 Å². The van der Waals surface area contributed by atoms with Gasteiger partial charge >= 0.3 is 6.00 Å². The van der Waals surface area contributed by atoms with Gasteiger partial charge in [-0.15, -0.1) is 33.2 Å². The molecule has 2 bridgehead atoms. The molecule has 0 spiro atoms. The SMILES string of the molecule is Cl[Si](Cl)(Cl)C12CCC(C1)C2. The van der Waals surface area contributed by atoms with E-state index in [2.05, 4.69) is 0 Å². The molecule has 4 heteroatoms. The Labute approximate surface area is 76.0 Å². The zero-order chi connectivity index (χ0) is 7.41. The number of hydrogen-bond acceptors (Lipinski definition) is 0. The Balaban J connectivity index is 2.18. The van der Waals surface area contributed by atoms with Gasteiger partial charge in [0.15, 0.2) is 0 Å². The van der Waals surface area contributed by atoms with Gasteiger partial charge in [-0.2, -0.15) is 0 Å². The Bertz CT molecular complexity index is 151. The molecule has 3 aliphatic carbocycles. The first-order chi connectivity index (χ1) is 4.54. The van der Waals surface area contributed by atoms with Gasteiger partial charge in [0.2, 0.25) is 0 Å². The fraction of sp³-hybridized carbons (Fsp3) is 1.00. The third-order valence-electron chi connectivity index (χ3n) is 2.99. The van der Waals surface area contributed by atoms with Gasteiger partial charge in [-0.3, -0.25) is 0 Å². The van der Waals surface area contributed by atoms with E-state index in [0.29, 0.717) is 0 Å². The van der Waals surface area contributed by atoms with Crippen LogP contribution in [0.25, 0.3) is 0 Å². The van der Waals surface area contributed by atoms with Crippen molar-refractivity contribution in [3.8, 4) is 0 Å². The summed E-state index contributed by atoms with van der Waals surface area (Å²) in [6.45, 7) is 0. The molecule has 0 atom stereocenters. The minimum atomic E-state index is -2.37. The number of fused-ring (bicyclic) bond motifs is 1. The summed E-state index contributed by atoms with van der Waals surface area (Å²) < 4.78 is 0. The Morgan fingerprint density at radius 1 is 1.20 bits per heavy atom. The van der Waals surface area contributed by atoms with E-state index in [1.165, 1.54) is 25.7 Å². The van der Waals surface area contributed by atoms with Crippen LogP contribution in [-0.4, -0.2) is 6.00 Å². The van der Waals surface area contributed by atoms with Crippen molar-refractivity contribution in [1.82, 2.24) is 0 Å². The maximum atomic E-state index is 5.99. The Morgan fingerprint density at radius 3 is 2.00 bits per heavy atom. The van der Waals surface area contributed by atoms with Gasteiger partial charge in [-0.1, -0.05) is 6.42 Å². The minimum Gasteiger partial charge on any atom is -0.125 e. The molecular formula is C6H9Cl3Si. The van der Waals surface area contributed by atoms with Crippen LogP contribution in [0.15, 0.2) is 0 Å². The molecule has 0 aromatic carbocycles. The molecule has 0 aromatic heterocycles. The molecule has 58 valence electrons. The van der Waals surface area contributed by atoms with Gasteiger partial charge in [-0.25, -0.2) is 0 Å². The molecule has 3 fully saturated rings. The molecule has 0 aliphatic heterocycles. The second-order valence-corrected chi connectivity index (χ2v) is 12.5. The largest absolute Gasteiger partial charge is 0.347 e. The number of halogens is 3. The van der Waals surface area contributed by atoms with Crippen LogP contribution in [0.5, 0.6) is 0 Å². The topological polar surface area (TPSA) is 0 Å². The normalized spacial score (nSPS) is 45.3. The van der Waals surface area contributed by atoms with E-state index in [-0.39, 0.29) is 5.04 Å². The van der Waals surface area contributed by atoms with Gasteiger partial charge in [0.25, 0.3) is 0 Å². The van der Waals surface area contributed by atoms with Gasteiger partial charge in [0.1, 0.15) is 0 Å². The molecule has 0 saturated heterocycles. The highest BCUT2D eigenvalue weighted by Gasteiger charge is 2.62. The molecule has 0 nitrogen and oxygen atoms in total. The Kier molecular flexibility index (Phi) is 1.59. The van der Waals surface area contributed by atoms with Crippen molar-refractivity contribution in [2.75, 3.05) is 0 Å². The molecule has 3 rings (SSSR count). The first-order valence-electron chi connectivity index (χ1n) is 3.60. The summed E-state index contributed by atoms with van der Waals surface area (Å²) in [5.41, 5.74) is 0. The lowest BCUT2D eigenvalue weighted by molar-refractivity contribution is 0.318. The lowest BCUT2D eigenvalue weighted by Gasteiger charge is -2.42. The summed E-state index contributed by atoms with van der Waals surface area (Å²) in [7, 11) is 0. The molecule has 0 N–H and O–H groups in total. The fourth-order valence-corrected chi connectivity index (χ4v) is 6.01. The highest BCUT2D eigenvalue weighted by Crippen LogP contribution is 2.71. The van der Waals surface area contributed by atoms with Crippen LogP contribution in [0.1, 0.15) is 25.7 Å². The Hall–Kier alpha value is 1.09. The fourth-order valence-electron chi connectivity index (χ4n) is 2.31. The highest BCUT2D eigenvalue weighted by molar-refractivity contribution is 7.65. The zero-order valence-corrected chi connectivity index (χ0v) is 8.81. The van der Waals surface area contributed by atoms with Crippen molar-refractivity contribution >= 4 is 39.2 Å². The summed E-state index contributed by atoms with van der Waals surface area (Å²) >= 11 is 18.0. The van der Waals surface area contributed by atoms with Crippen molar-refractivity contribution in [3.63, 3.8) is 0 Å². The second-order valence-electron chi connectivity index (χ2n) is 3.59. The van der Waals surface area contributed by atoms with Crippen molar-refractivity contribution in [2.45, 2.75) is 30.7 Å². The predicted molar refractivity (Wildman–Crippen MR) is 48.0 cm³/mol.